The van der Waals surface area contributed by atoms with Gasteiger partial charge < -0.3 is 4.42 Å². The molecule has 4 aromatic rings. The van der Waals surface area contributed by atoms with E-state index in [0.717, 1.165) is 11.1 Å². The summed E-state index contributed by atoms with van der Waals surface area (Å²) in [6.45, 7) is 0.355. The largest absolute Gasteiger partial charge is 0.444 e. The molecule has 0 aliphatic heterocycles. The van der Waals surface area contributed by atoms with E-state index < -0.39 is 10.0 Å². The Labute approximate surface area is 170 Å². The number of hydrogen-bond donors (Lipinski definition) is 0. The summed E-state index contributed by atoms with van der Waals surface area (Å²) in [5, 5.41) is 0. The third-order valence-electron chi connectivity index (χ3n) is 4.49. The summed E-state index contributed by atoms with van der Waals surface area (Å²) in [5.41, 5.74) is 2.30. The van der Waals surface area contributed by atoms with E-state index in [2.05, 4.69) is 4.98 Å². The second kappa shape index (κ2) is 8.43. The molecule has 0 atom stereocenters. The van der Waals surface area contributed by atoms with Gasteiger partial charge in [0.25, 0.3) is 0 Å². The minimum absolute atomic E-state index is 0.114. The molecular formula is C23H20N2O3S. The minimum Gasteiger partial charge on any atom is -0.444 e. The SMILES string of the molecule is O=S(=O)(c1ccccc1)N(Cc1ccccc1)Cc1coc(-c2ccccc2)n1. The summed E-state index contributed by atoms with van der Waals surface area (Å²) in [5.74, 6) is 0.470. The molecule has 1 aromatic heterocycles. The Morgan fingerprint density at radius 3 is 2.00 bits per heavy atom. The number of oxazole rings is 1. The van der Waals surface area contributed by atoms with Crippen molar-refractivity contribution in [2.45, 2.75) is 18.0 Å². The van der Waals surface area contributed by atoms with Gasteiger partial charge in [-0.05, 0) is 29.8 Å². The molecule has 5 nitrogen and oxygen atoms in total. The maximum absolute atomic E-state index is 13.3. The minimum atomic E-state index is -3.70. The number of rotatable bonds is 7. The average molecular weight is 404 g/mol. The Bertz CT molecular complexity index is 1160. The first-order valence-electron chi connectivity index (χ1n) is 9.22. The van der Waals surface area contributed by atoms with Crippen LogP contribution in [0.5, 0.6) is 0 Å². The van der Waals surface area contributed by atoms with Crippen LogP contribution in [-0.4, -0.2) is 17.7 Å². The highest BCUT2D eigenvalue weighted by Gasteiger charge is 2.26. The van der Waals surface area contributed by atoms with Gasteiger partial charge in [0.2, 0.25) is 15.9 Å². The van der Waals surface area contributed by atoms with Crippen molar-refractivity contribution in [2.75, 3.05) is 0 Å². The van der Waals surface area contributed by atoms with Gasteiger partial charge in [0, 0.05) is 12.1 Å². The number of hydrogen-bond acceptors (Lipinski definition) is 4. The van der Waals surface area contributed by atoms with Crippen molar-refractivity contribution in [3.63, 3.8) is 0 Å². The molecule has 0 bridgehead atoms. The Kier molecular flexibility index (Phi) is 5.55. The molecule has 146 valence electrons. The van der Waals surface area contributed by atoms with Crippen LogP contribution in [0, 0.1) is 0 Å². The molecule has 3 aromatic carbocycles. The van der Waals surface area contributed by atoms with Crippen LogP contribution in [0.4, 0.5) is 0 Å². The molecule has 0 saturated carbocycles. The standard InChI is InChI=1S/C23H20N2O3S/c26-29(27,22-14-8-3-9-15-22)25(16-19-10-4-1-5-11-19)17-21-18-28-23(24-21)20-12-6-2-7-13-20/h1-15,18H,16-17H2. The molecule has 0 spiro atoms. The smallest absolute Gasteiger partial charge is 0.243 e. The van der Waals surface area contributed by atoms with Crippen molar-refractivity contribution in [3.05, 3.63) is 109 Å². The van der Waals surface area contributed by atoms with Gasteiger partial charge in [-0.2, -0.15) is 4.31 Å². The van der Waals surface area contributed by atoms with Crippen molar-refractivity contribution >= 4 is 10.0 Å². The zero-order valence-electron chi connectivity index (χ0n) is 15.7. The van der Waals surface area contributed by atoms with Gasteiger partial charge >= 0.3 is 0 Å². The normalized spacial score (nSPS) is 11.6. The fourth-order valence-electron chi connectivity index (χ4n) is 3.03. The highest BCUT2D eigenvalue weighted by atomic mass is 32.2. The van der Waals surface area contributed by atoms with Crippen LogP contribution >= 0.6 is 0 Å². The summed E-state index contributed by atoms with van der Waals surface area (Å²) >= 11 is 0. The van der Waals surface area contributed by atoms with Gasteiger partial charge in [0.15, 0.2) is 0 Å². The Morgan fingerprint density at radius 2 is 1.34 bits per heavy atom. The van der Waals surface area contributed by atoms with Crippen molar-refractivity contribution < 1.29 is 12.8 Å². The summed E-state index contributed by atoms with van der Waals surface area (Å²) in [6.07, 6.45) is 1.51. The second-order valence-corrected chi connectivity index (χ2v) is 8.52. The summed E-state index contributed by atoms with van der Waals surface area (Å²) in [7, 11) is -3.70. The lowest BCUT2D eigenvalue weighted by Gasteiger charge is -2.21. The van der Waals surface area contributed by atoms with Crippen LogP contribution in [0.3, 0.4) is 0 Å². The maximum atomic E-state index is 13.3. The molecule has 29 heavy (non-hydrogen) atoms. The van der Waals surface area contributed by atoms with Crippen molar-refractivity contribution in [1.29, 1.82) is 0 Å². The van der Waals surface area contributed by atoms with E-state index in [1.807, 2.05) is 60.7 Å². The van der Waals surface area contributed by atoms with Crippen LogP contribution < -0.4 is 0 Å². The first kappa shape index (κ1) is 19.1. The molecular weight excluding hydrogens is 384 g/mol. The lowest BCUT2D eigenvalue weighted by Crippen LogP contribution is -2.30. The molecule has 0 radical (unpaired) electrons. The Morgan fingerprint density at radius 1 is 0.759 bits per heavy atom. The van der Waals surface area contributed by atoms with E-state index >= 15 is 0 Å². The number of nitrogens with zero attached hydrogens (tertiary/aromatic N) is 2. The molecule has 0 unspecified atom stereocenters. The van der Waals surface area contributed by atoms with E-state index in [0.29, 0.717) is 11.6 Å². The lowest BCUT2D eigenvalue weighted by atomic mass is 10.2. The average Bonchev–Trinajstić information content (AvgIpc) is 3.24. The zero-order valence-corrected chi connectivity index (χ0v) is 16.5. The molecule has 0 amide bonds. The molecule has 0 saturated heterocycles. The quantitative estimate of drug-likeness (QED) is 0.447. The monoisotopic (exact) mass is 404 g/mol. The number of aromatic nitrogens is 1. The predicted molar refractivity (Wildman–Crippen MR) is 111 cm³/mol. The van der Waals surface area contributed by atoms with E-state index in [9.17, 15) is 8.42 Å². The third kappa shape index (κ3) is 4.45. The van der Waals surface area contributed by atoms with Crippen LogP contribution in [0.1, 0.15) is 11.3 Å². The molecule has 0 N–H and O–H groups in total. The molecule has 0 aliphatic carbocycles. The Hall–Kier alpha value is -3.22. The summed E-state index contributed by atoms with van der Waals surface area (Å²) < 4.78 is 33.6. The highest BCUT2D eigenvalue weighted by molar-refractivity contribution is 7.89. The first-order valence-corrected chi connectivity index (χ1v) is 10.7. The molecule has 4 rings (SSSR count). The van der Waals surface area contributed by atoms with E-state index in [1.165, 1.54) is 10.6 Å². The van der Waals surface area contributed by atoms with Gasteiger partial charge in [-0.15, -0.1) is 0 Å². The lowest BCUT2D eigenvalue weighted by molar-refractivity contribution is 0.396. The van der Waals surface area contributed by atoms with Crippen LogP contribution in [-0.2, 0) is 23.1 Å². The van der Waals surface area contributed by atoms with E-state index in [4.69, 9.17) is 4.42 Å². The maximum Gasteiger partial charge on any atom is 0.243 e. The van der Waals surface area contributed by atoms with Crippen molar-refractivity contribution in [2.24, 2.45) is 0 Å². The Balaban J connectivity index is 1.65. The number of benzene rings is 3. The fraction of sp³-hybridized carbons (Fsp3) is 0.0870. The van der Waals surface area contributed by atoms with Crippen LogP contribution in [0.15, 0.2) is 107 Å². The van der Waals surface area contributed by atoms with Gasteiger partial charge in [0.1, 0.15) is 6.26 Å². The van der Waals surface area contributed by atoms with Crippen LogP contribution in [0.25, 0.3) is 11.5 Å². The topological polar surface area (TPSA) is 63.4 Å². The van der Waals surface area contributed by atoms with Crippen molar-refractivity contribution in [3.8, 4) is 11.5 Å². The van der Waals surface area contributed by atoms with E-state index in [1.54, 1.807) is 30.3 Å². The zero-order chi connectivity index (χ0) is 20.1. The van der Waals surface area contributed by atoms with Gasteiger partial charge in [0.05, 0.1) is 17.1 Å². The van der Waals surface area contributed by atoms with Crippen molar-refractivity contribution in [1.82, 2.24) is 9.29 Å². The molecule has 1 heterocycles. The molecule has 0 fully saturated rings. The van der Waals surface area contributed by atoms with Gasteiger partial charge in [-0.1, -0.05) is 66.7 Å². The highest BCUT2D eigenvalue weighted by Crippen LogP contribution is 2.23. The van der Waals surface area contributed by atoms with E-state index in [-0.39, 0.29) is 18.0 Å². The molecule has 6 heteroatoms. The van der Waals surface area contributed by atoms with Gasteiger partial charge in [-0.3, -0.25) is 0 Å². The first-order chi connectivity index (χ1) is 14.1. The van der Waals surface area contributed by atoms with Crippen LogP contribution in [0.2, 0.25) is 0 Å². The predicted octanol–water partition coefficient (Wildman–Crippen LogP) is 4.73. The molecule has 0 aliphatic rings. The summed E-state index contributed by atoms with van der Waals surface area (Å²) in [4.78, 5) is 4.75. The number of sulfonamides is 1. The fourth-order valence-corrected chi connectivity index (χ4v) is 4.45. The second-order valence-electron chi connectivity index (χ2n) is 6.58. The summed E-state index contributed by atoms with van der Waals surface area (Å²) in [6, 6.07) is 27.5. The third-order valence-corrected chi connectivity index (χ3v) is 6.30. The van der Waals surface area contributed by atoms with Gasteiger partial charge in [-0.25, -0.2) is 13.4 Å².